The van der Waals surface area contributed by atoms with Gasteiger partial charge in [0, 0.05) is 37.3 Å². The molecule has 0 bridgehead atoms. The molecule has 2 atom stereocenters. The van der Waals surface area contributed by atoms with Crippen molar-refractivity contribution in [3.05, 3.63) is 48.0 Å². The standard InChI is InChI=1S/C17H26N2O2.C4H4O4/c1-3-5-11-19(15-12-18(4-2)13-16(15)20)17(21)14-9-7-6-8-10-14;5-3(6)1-2-4(7)8/h6-10,15-16,20H,3-5,11-13H2,1-2H3;1-2H,(H,5,6)(H,7,8). The summed E-state index contributed by atoms with van der Waals surface area (Å²) in [7, 11) is 0. The number of aliphatic hydroxyl groups excluding tert-OH is 1. The summed E-state index contributed by atoms with van der Waals surface area (Å²) in [6.45, 7) is 7.25. The maximum absolute atomic E-state index is 12.8. The molecule has 1 amide bonds. The Labute approximate surface area is 171 Å². The Morgan fingerprint density at radius 3 is 2.10 bits per heavy atom. The van der Waals surface area contributed by atoms with Crippen molar-refractivity contribution < 1.29 is 29.7 Å². The van der Waals surface area contributed by atoms with Gasteiger partial charge in [0.15, 0.2) is 0 Å². The largest absolute Gasteiger partial charge is 0.478 e. The topological polar surface area (TPSA) is 118 Å². The highest BCUT2D eigenvalue weighted by atomic mass is 16.4. The Morgan fingerprint density at radius 2 is 1.66 bits per heavy atom. The van der Waals surface area contributed by atoms with E-state index in [0.717, 1.165) is 25.9 Å². The summed E-state index contributed by atoms with van der Waals surface area (Å²) in [5, 5.41) is 25.9. The third-order valence-electron chi connectivity index (χ3n) is 4.58. The molecule has 0 radical (unpaired) electrons. The quantitative estimate of drug-likeness (QED) is 0.562. The van der Waals surface area contributed by atoms with Gasteiger partial charge in [-0.15, -0.1) is 0 Å². The fraction of sp³-hybridized carbons (Fsp3) is 0.476. The fourth-order valence-corrected chi connectivity index (χ4v) is 3.05. The average Bonchev–Trinajstić information content (AvgIpc) is 3.08. The number of nitrogens with zero attached hydrogens (tertiary/aromatic N) is 2. The number of aliphatic carboxylic acids is 2. The number of hydrogen-bond donors (Lipinski definition) is 3. The molecule has 8 nitrogen and oxygen atoms in total. The molecule has 1 aromatic rings. The van der Waals surface area contributed by atoms with Crippen LogP contribution in [0.4, 0.5) is 0 Å². The lowest BCUT2D eigenvalue weighted by atomic mass is 10.1. The van der Waals surface area contributed by atoms with Gasteiger partial charge in [0.25, 0.3) is 5.91 Å². The van der Waals surface area contributed by atoms with Gasteiger partial charge in [-0.3, -0.25) is 9.69 Å². The van der Waals surface area contributed by atoms with E-state index in [2.05, 4.69) is 18.7 Å². The second kappa shape index (κ2) is 12.7. The van der Waals surface area contributed by atoms with Crippen LogP contribution in [0, 0.1) is 0 Å². The van der Waals surface area contributed by atoms with E-state index in [4.69, 9.17) is 10.2 Å². The molecule has 1 fully saturated rings. The Morgan fingerprint density at radius 1 is 1.07 bits per heavy atom. The van der Waals surface area contributed by atoms with Crippen molar-refractivity contribution >= 4 is 17.8 Å². The third kappa shape index (κ3) is 8.45. The number of carboxylic acid groups (broad SMARTS) is 2. The molecule has 1 aliphatic heterocycles. The van der Waals surface area contributed by atoms with Crippen LogP contribution in [0.15, 0.2) is 42.5 Å². The highest BCUT2D eigenvalue weighted by molar-refractivity contribution is 5.94. The van der Waals surface area contributed by atoms with Crippen LogP contribution in [-0.4, -0.2) is 81.3 Å². The first kappa shape index (κ1) is 24.3. The predicted molar refractivity (Wildman–Crippen MR) is 109 cm³/mol. The molecule has 0 saturated carbocycles. The lowest BCUT2D eigenvalue weighted by molar-refractivity contribution is -0.134. The van der Waals surface area contributed by atoms with Gasteiger partial charge < -0.3 is 20.2 Å². The van der Waals surface area contributed by atoms with Crippen LogP contribution in [-0.2, 0) is 9.59 Å². The monoisotopic (exact) mass is 406 g/mol. The predicted octanol–water partition coefficient (Wildman–Crippen LogP) is 1.71. The van der Waals surface area contributed by atoms with E-state index in [0.29, 0.717) is 30.8 Å². The minimum Gasteiger partial charge on any atom is -0.478 e. The zero-order valence-corrected chi connectivity index (χ0v) is 16.9. The summed E-state index contributed by atoms with van der Waals surface area (Å²) < 4.78 is 0. The number of hydrogen-bond acceptors (Lipinski definition) is 5. The number of carbonyl (C=O) groups excluding carboxylic acids is 1. The van der Waals surface area contributed by atoms with Crippen LogP contribution in [0.3, 0.4) is 0 Å². The molecule has 3 N–H and O–H groups in total. The molecule has 29 heavy (non-hydrogen) atoms. The number of likely N-dealkylation sites (N-methyl/N-ethyl adjacent to an activating group) is 1. The van der Waals surface area contributed by atoms with E-state index in [1.165, 1.54) is 0 Å². The van der Waals surface area contributed by atoms with E-state index in [-0.39, 0.29) is 11.9 Å². The summed E-state index contributed by atoms with van der Waals surface area (Å²) in [6, 6.07) is 9.28. The first-order valence-electron chi connectivity index (χ1n) is 9.70. The molecule has 160 valence electrons. The van der Waals surface area contributed by atoms with Crippen molar-refractivity contribution in [2.75, 3.05) is 26.2 Å². The van der Waals surface area contributed by atoms with Crippen LogP contribution in [0.5, 0.6) is 0 Å². The Bertz CT molecular complexity index is 676. The van der Waals surface area contributed by atoms with E-state index in [9.17, 15) is 19.5 Å². The number of carboxylic acids is 2. The summed E-state index contributed by atoms with van der Waals surface area (Å²) in [4.78, 5) is 36.0. The molecule has 0 aromatic heterocycles. The SMILES string of the molecule is CCCCN(C(=O)c1ccccc1)C1CN(CC)CC1O.O=C(O)C=CC(=O)O. The van der Waals surface area contributed by atoms with E-state index < -0.39 is 18.0 Å². The molecular formula is C21H30N2O6. The van der Waals surface area contributed by atoms with Gasteiger partial charge in [0.2, 0.25) is 0 Å². The fourth-order valence-electron chi connectivity index (χ4n) is 3.05. The molecule has 1 aromatic carbocycles. The van der Waals surface area contributed by atoms with Crippen molar-refractivity contribution in [1.82, 2.24) is 9.80 Å². The van der Waals surface area contributed by atoms with Gasteiger partial charge in [0.05, 0.1) is 12.1 Å². The molecular weight excluding hydrogens is 376 g/mol. The molecule has 1 heterocycles. The number of unbranched alkanes of at least 4 members (excludes halogenated alkanes) is 1. The van der Waals surface area contributed by atoms with Crippen LogP contribution in [0.2, 0.25) is 0 Å². The molecule has 0 aliphatic carbocycles. The van der Waals surface area contributed by atoms with Crippen LogP contribution in [0.25, 0.3) is 0 Å². The molecule has 0 spiro atoms. The number of benzene rings is 1. The first-order valence-corrected chi connectivity index (χ1v) is 9.70. The van der Waals surface area contributed by atoms with Crippen molar-refractivity contribution in [2.45, 2.75) is 38.8 Å². The maximum Gasteiger partial charge on any atom is 0.328 e. The first-order chi connectivity index (χ1) is 13.8. The maximum atomic E-state index is 12.8. The van der Waals surface area contributed by atoms with Crippen molar-refractivity contribution in [3.63, 3.8) is 0 Å². The van der Waals surface area contributed by atoms with Crippen LogP contribution in [0.1, 0.15) is 37.0 Å². The number of likely N-dealkylation sites (tertiary alicyclic amines) is 1. The third-order valence-corrected chi connectivity index (χ3v) is 4.58. The second-order valence-corrected chi connectivity index (χ2v) is 6.71. The van der Waals surface area contributed by atoms with Crippen LogP contribution < -0.4 is 0 Å². The van der Waals surface area contributed by atoms with Gasteiger partial charge in [-0.1, -0.05) is 38.5 Å². The molecule has 2 unspecified atom stereocenters. The summed E-state index contributed by atoms with van der Waals surface area (Å²) >= 11 is 0. The Balaban J connectivity index is 0.000000447. The number of amides is 1. The minimum absolute atomic E-state index is 0.0334. The van der Waals surface area contributed by atoms with E-state index >= 15 is 0 Å². The second-order valence-electron chi connectivity index (χ2n) is 6.71. The number of rotatable bonds is 8. The number of carbonyl (C=O) groups is 3. The minimum atomic E-state index is -1.26. The van der Waals surface area contributed by atoms with E-state index in [1.807, 2.05) is 35.2 Å². The zero-order chi connectivity index (χ0) is 21.8. The molecule has 8 heteroatoms. The van der Waals surface area contributed by atoms with Gasteiger partial charge in [-0.2, -0.15) is 0 Å². The highest BCUT2D eigenvalue weighted by Gasteiger charge is 2.37. The lowest BCUT2D eigenvalue weighted by Gasteiger charge is -2.31. The Kier molecular flexibility index (Phi) is 10.6. The average molecular weight is 406 g/mol. The van der Waals surface area contributed by atoms with Crippen molar-refractivity contribution in [1.29, 1.82) is 0 Å². The van der Waals surface area contributed by atoms with Gasteiger partial charge in [-0.05, 0) is 25.1 Å². The molecule has 1 saturated heterocycles. The summed E-state index contributed by atoms with van der Waals surface area (Å²) in [5.74, 6) is -2.48. The highest BCUT2D eigenvalue weighted by Crippen LogP contribution is 2.19. The smallest absolute Gasteiger partial charge is 0.328 e. The van der Waals surface area contributed by atoms with Gasteiger partial charge in [-0.25, -0.2) is 9.59 Å². The van der Waals surface area contributed by atoms with Crippen LogP contribution >= 0.6 is 0 Å². The number of aliphatic hydroxyl groups is 1. The summed E-state index contributed by atoms with van der Waals surface area (Å²) in [6.07, 6.45) is 2.67. The zero-order valence-electron chi connectivity index (χ0n) is 16.9. The van der Waals surface area contributed by atoms with Crippen molar-refractivity contribution in [2.24, 2.45) is 0 Å². The molecule has 1 aliphatic rings. The van der Waals surface area contributed by atoms with E-state index in [1.54, 1.807) is 0 Å². The lowest BCUT2D eigenvalue weighted by Crippen LogP contribution is -2.47. The molecule has 2 rings (SSSR count). The number of β-amino-alcohol motifs (C(OH)–C–C–N with tert-alkyl or cyclic N) is 1. The Hall–Kier alpha value is -2.71. The summed E-state index contributed by atoms with van der Waals surface area (Å²) in [5.41, 5.74) is 0.704. The normalized spacial score (nSPS) is 18.9. The van der Waals surface area contributed by atoms with Gasteiger partial charge >= 0.3 is 11.9 Å². The van der Waals surface area contributed by atoms with Gasteiger partial charge in [0.1, 0.15) is 0 Å². The van der Waals surface area contributed by atoms with Crippen molar-refractivity contribution in [3.8, 4) is 0 Å².